The molecule has 1 heteroatoms. The molecule has 0 aliphatic rings. The molecule has 0 amide bonds. The Morgan fingerprint density at radius 3 is 2.24 bits per heavy atom. The largest absolute Gasteiger partial charge is 0.0786 e. The second kappa shape index (κ2) is 5.65. The summed E-state index contributed by atoms with van der Waals surface area (Å²) in [7, 11) is 0. The molecule has 106 valence electrons. The topological polar surface area (TPSA) is 0 Å². The Morgan fingerprint density at radius 1 is 0.762 bits per heavy atom. The number of fused-ring (bicyclic) bond motifs is 1. The van der Waals surface area contributed by atoms with Gasteiger partial charge in [-0.25, -0.2) is 0 Å². The van der Waals surface area contributed by atoms with Crippen molar-refractivity contribution in [2.75, 3.05) is 0 Å². The molecule has 21 heavy (non-hydrogen) atoms. The van der Waals surface area contributed by atoms with Gasteiger partial charge in [-0.3, -0.25) is 0 Å². The van der Waals surface area contributed by atoms with E-state index in [4.69, 9.17) is 0 Å². The van der Waals surface area contributed by atoms with Crippen LogP contribution in [0.3, 0.4) is 0 Å². The first-order valence-electron chi connectivity index (χ1n) is 7.27. The zero-order valence-corrected chi connectivity index (χ0v) is 14.2. The Hall–Kier alpha value is -1.60. The molecule has 3 aromatic rings. The van der Waals surface area contributed by atoms with E-state index < -0.39 is 0 Å². The molecule has 0 aromatic heterocycles. The Balaban J connectivity index is 2.19. The predicted octanol–water partition coefficient (Wildman–Crippen LogP) is 6.25. The maximum absolute atomic E-state index is 3.92. The number of hydrogen-bond donors (Lipinski definition) is 0. The van der Waals surface area contributed by atoms with E-state index in [9.17, 15) is 0 Å². The fourth-order valence-corrected chi connectivity index (χ4v) is 3.72. The van der Waals surface area contributed by atoms with Crippen LogP contribution in [0.15, 0.2) is 54.6 Å². The number of benzene rings is 3. The van der Waals surface area contributed by atoms with Crippen molar-refractivity contribution >= 4 is 26.7 Å². The molecule has 3 aromatic carbocycles. The van der Waals surface area contributed by atoms with E-state index in [-0.39, 0.29) is 4.83 Å². The molecule has 1 atom stereocenters. The first-order chi connectivity index (χ1) is 10.1. The lowest BCUT2D eigenvalue weighted by atomic mass is 9.93. The fourth-order valence-electron chi connectivity index (χ4n) is 2.83. The van der Waals surface area contributed by atoms with Crippen LogP contribution in [0.25, 0.3) is 10.8 Å². The first-order valence-corrected chi connectivity index (χ1v) is 8.19. The summed E-state index contributed by atoms with van der Waals surface area (Å²) in [5.41, 5.74) is 6.70. The minimum Gasteiger partial charge on any atom is -0.0786 e. The molecule has 0 radical (unpaired) electrons. The summed E-state index contributed by atoms with van der Waals surface area (Å²) in [6, 6.07) is 19.7. The second-order valence-electron chi connectivity index (χ2n) is 5.72. The van der Waals surface area contributed by atoms with Gasteiger partial charge in [-0.15, -0.1) is 0 Å². The summed E-state index contributed by atoms with van der Waals surface area (Å²) in [6.07, 6.45) is 0. The van der Waals surface area contributed by atoms with E-state index in [2.05, 4.69) is 91.3 Å². The predicted molar refractivity (Wildman–Crippen MR) is 95.4 cm³/mol. The molecule has 0 N–H and O–H groups in total. The number of hydrogen-bond acceptors (Lipinski definition) is 0. The second-order valence-corrected chi connectivity index (χ2v) is 6.64. The number of halogens is 1. The molecule has 0 saturated heterocycles. The summed E-state index contributed by atoms with van der Waals surface area (Å²) in [5.74, 6) is 0. The molecule has 0 aliphatic heterocycles. The van der Waals surface area contributed by atoms with Gasteiger partial charge in [0, 0.05) is 0 Å². The van der Waals surface area contributed by atoms with E-state index in [0.29, 0.717) is 0 Å². The third kappa shape index (κ3) is 2.63. The molecule has 0 bridgehead atoms. The van der Waals surface area contributed by atoms with Gasteiger partial charge in [0.2, 0.25) is 0 Å². The van der Waals surface area contributed by atoms with Crippen molar-refractivity contribution in [3.8, 4) is 0 Å². The highest BCUT2D eigenvalue weighted by atomic mass is 79.9. The molecule has 1 unspecified atom stereocenters. The molecule has 3 rings (SSSR count). The van der Waals surface area contributed by atoms with Gasteiger partial charge in [0.25, 0.3) is 0 Å². The summed E-state index contributed by atoms with van der Waals surface area (Å²) in [6.45, 7) is 6.52. The van der Waals surface area contributed by atoms with Gasteiger partial charge in [0.05, 0.1) is 4.83 Å². The molecule has 0 nitrogen and oxygen atoms in total. The van der Waals surface area contributed by atoms with E-state index >= 15 is 0 Å². The fraction of sp³-hybridized carbons (Fsp3) is 0.200. The van der Waals surface area contributed by atoms with E-state index in [1.54, 1.807) is 0 Å². The van der Waals surface area contributed by atoms with Crippen LogP contribution in [0.4, 0.5) is 0 Å². The van der Waals surface area contributed by atoms with Crippen LogP contribution in [0.5, 0.6) is 0 Å². The minimum absolute atomic E-state index is 0.225. The van der Waals surface area contributed by atoms with Crippen LogP contribution in [0, 0.1) is 20.8 Å². The number of aryl methyl sites for hydroxylation is 3. The zero-order valence-electron chi connectivity index (χ0n) is 12.7. The van der Waals surface area contributed by atoms with Crippen molar-refractivity contribution in [2.45, 2.75) is 25.6 Å². The normalized spacial score (nSPS) is 12.6. The Morgan fingerprint density at radius 2 is 1.48 bits per heavy atom. The molecule has 0 aliphatic carbocycles. The standard InChI is InChI=1S/C20H19Br/c1-13-8-11-17(12-15(13)3)20(21)19-14(2)9-10-16-6-4-5-7-18(16)19/h4-12,20H,1-3H3. The quantitative estimate of drug-likeness (QED) is 0.484. The highest BCUT2D eigenvalue weighted by Gasteiger charge is 2.16. The third-order valence-corrected chi connectivity index (χ3v) is 5.25. The Kier molecular flexibility index (Phi) is 3.86. The summed E-state index contributed by atoms with van der Waals surface area (Å²) in [4.78, 5) is 0.225. The van der Waals surface area contributed by atoms with Gasteiger partial charge in [-0.05, 0) is 59.4 Å². The molecule has 0 spiro atoms. The SMILES string of the molecule is Cc1ccc(C(Br)c2c(C)ccc3ccccc23)cc1C. The number of rotatable bonds is 2. The highest BCUT2D eigenvalue weighted by Crippen LogP contribution is 2.38. The van der Waals surface area contributed by atoms with Crippen molar-refractivity contribution in [1.82, 2.24) is 0 Å². The molecular weight excluding hydrogens is 320 g/mol. The van der Waals surface area contributed by atoms with Crippen LogP contribution in [0.2, 0.25) is 0 Å². The Bertz CT molecular complexity index is 802. The van der Waals surface area contributed by atoms with Crippen molar-refractivity contribution in [3.05, 3.63) is 82.4 Å². The molecular formula is C20H19Br. The van der Waals surface area contributed by atoms with Crippen LogP contribution in [0.1, 0.15) is 32.6 Å². The van der Waals surface area contributed by atoms with E-state index in [1.807, 2.05) is 0 Å². The smallest absolute Gasteiger partial charge is 0.0653 e. The lowest BCUT2D eigenvalue weighted by Gasteiger charge is -2.18. The van der Waals surface area contributed by atoms with Crippen LogP contribution in [-0.2, 0) is 0 Å². The Labute approximate surface area is 134 Å². The molecule has 0 saturated carbocycles. The maximum Gasteiger partial charge on any atom is 0.0653 e. The summed E-state index contributed by atoms with van der Waals surface area (Å²) < 4.78 is 0. The molecule has 0 fully saturated rings. The minimum atomic E-state index is 0.225. The molecule has 0 heterocycles. The van der Waals surface area contributed by atoms with E-state index in [1.165, 1.54) is 38.6 Å². The summed E-state index contributed by atoms with van der Waals surface area (Å²) >= 11 is 3.92. The zero-order chi connectivity index (χ0) is 15.0. The van der Waals surface area contributed by atoms with Gasteiger partial charge in [-0.1, -0.05) is 70.5 Å². The monoisotopic (exact) mass is 338 g/mol. The van der Waals surface area contributed by atoms with E-state index in [0.717, 1.165) is 0 Å². The van der Waals surface area contributed by atoms with Crippen molar-refractivity contribution in [1.29, 1.82) is 0 Å². The van der Waals surface area contributed by atoms with Gasteiger partial charge >= 0.3 is 0 Å². The highest BCUT2D eigenvalue weighted by molar-refractivity contribution is 9.09. The van der Waals surface area contributed by atoms with Crippen molar-refractivity contribution in [2.24, 2.45) is 0 Å². The average Bonchev–Trinajstić information content (AvgIpc) is 2.49. The first kappa shape index (κ1) is 14.3. The lowest BCUT2D eigenvalue weighted by Crippen LogP contribution is -1.98. The van der Waals surface area contributed by atoms with Crippen LogP contribution < -0.4 is 0 Å². The van der Waals surface area contributed by atoms with Gasteiger partial charge in [0.1, 0.15) is 0 Å². The van der Waals surface area contributed by atoms with Gasteiger partial charge in [-0.2, -0.15) is 0 Å². The average molecular weight is 339 g/mol. The number of alkyl halides is 1. The summed E-state index contributed by atoms with van der Waals surface area (Å²) in [5, 5.41) is 2.63. The van der Waals surface area contributed by atoms with Crippen molar-refractivity contribution < 1.29 is 0 Å². The van der Waals surface area contributed by atoms with Gasteiger partial charge < -0.3 is 0 Å². The van der Waals surface area contributed by atoms with Crippen molar-refractivity contribution in [3.63, 3.8) is 0 Å². The maximum atomic E-state index is 3.92. The van der Waals surface area contributed by atoms with Crippen LogP contribution >= 0.6 is 15.9 Å². The van der Waals surface area contributed by atoms with Gasteiger partial charge in [0.15, 0.2) is 0 Å². The lowest BCUT2D eigenvalue weighted by molar-refractivity contribution is 1.15. The van der Waals surface area contributed by atoms with Crippen LogP contribution in [-0.4, -0.2) is 0 Å². The third-order valence-electron chi connectivity index (χ3n) is 4.27.